The number of anilines is 1. The Kier molecular flexibility index (Phi) is 8.82. The molecule has 0 aliphatic rings. The van der Waals surface area contributed by atoms with Crippen molar-refractivity contribution >= 4 is 27.5 Å². The summed E-state index contributed by atoms with van der Waals surface area (Å²) >= 11 is 0. The van der Waals surface area contributed by atoms with Crippen LogP contribution in [-0.4, -0.2) is 44.8 Å². The van der Waals surface area contributed by atoms with E-state index >= 15 is 0 Å². The van der Waals surface area contributed by atoms with Gasteiger partial charge in [-0.05, 0) is 49.2 Å². The number of likely N-dealkylation sites (N-methyl/N-ethyl adjacent to an activating group) is 1. The molecule has 0 heterocycles. The molecule has 0 saturated carbocycles. The van der Waals surface area contributed by atoms with Gasteiger partial charge in [-0.2, -0.15) is 0 Å². The third kappa shape index (κ3) is 6.09. The van der Waals surface area contributed by atoms with Gasteiger partial charge >= 0.3 is 0 Å². The van der Waals surface area contributed by atoms with Crippen molar-refractivity contribution in [3.63, 3.8) is 0 Å². The number of sulfonamides is 1. The van der Waals surface area contributed by atoms with E-state index in [1.54, 1.807) is 48.5 Å². The second-order valence-corrected chi connectivity index (χ2v) is 10.1. The zero-order valence-electron chi connectivity index (χ0n) is 20.5. The Balaban J connectivity index is 2.03. The highest BCUT2D eigenvalue weighted by atomic mass is 32.2. The van der Waals surface area contributed by atoms with Crippen LogP contribution in [0, 0.1) is 5.82 Å². The summed E-state index contributed by atoms with van der Waals surface area (Å²) in [7, 11) is -2.69. The second-order valence-electron chi connectivity index (χ2n) is 8.25. The van der Waals surface area contributed by atoms with Gasteiger partial charge in [-0.15, -0.1) is 0 Å². The van der Waals surface area contributed by atoms with Crippen LogP contribution in [0.15, 0.2) is 83.8 Å². The number of hydrogen-bond donors (Lipinski definition) is 1. The lowest BCUT2D eigenvalue weighted by molar-refractivity contribution is -0.139. The Labute approximate surface area is 211 Å². The predicted molar refractivity (Wildman–Crippen MR) is 137 cm³/mol. The first-order valence-electron chi connectivity index (χ1n) is 11.6. The highest BCUT2D eigenvalue weighted by molar-refractivity contribution is 7.92. The first-order valence-corrected chi connectivity index (χ1v) is 13.0. The molecule has 3 rings (SSSR count). The summed E-state index contributed by atoms with van der Waals surface area (Å²) in [6, 6.07) is 19.7. The van der Waals surface area contributed by atoms with Crippen molar-refractivity contribution in [1.82, 2.24) is 10.2 Å². The molecule has 0 spiro atoms. The molecule has 190 valence electrons. The summed E-state index contributed by atoms with van der Waals surface area (Å²) < 4.78 is 42.7. The molecule has 1 atom stereocenters. The second kappa shape index (κ2) is 11.8. The predicted octanol–water partition coefficient (Wildman–Crippen LogP) is 3.75. The molecule has 1 N–H and O–H groups in total. The Bertz CT molecular complexity index is 1300. The molecule has 3 aromatic rings. The molecule has 0 aromatic heterocycles. The van der Waals surface area contributed by atoms with Crippen molar-refractivity contribution in [2.45, 2.75) is 37.8 Å². The van der Waals surface area contributed by atoms with Crippen LogP contribution < -0.4 is 9.62 Å². The van der Waals surface area contributed by atoms with E-state index in [4.69, 9.17) is 0 Å². The highest BCUT2D eigenvalue weighted by Gasteiger charge is 2.32. The number of halogens is 1. The van der Waals surface area contributed by atoms with E-state index in [9.17, 15) is 22.4 Å². The number of amides is 2. The quantitative estimate of drug-likeness (QED) is 0.449. The van der Waals surface area contributed by atoms with Gasteiger partial charge in [0.15, 0.2) is 0 Å². The van der Waals surface area contributed by atoms with Crippen LogP contribution in [0.25, 0.3) is 0 Å². The van der Waals surface area contributed by atoms with Crippen molar-refractivity contribution in [2.24, 2.45) is 0 Å². The van der Waals surface area contributed by atoms with Gasteiger partial charge in [0.25, 0.3) is 10.0 Å². The van der Waals surface area contributed by atoms with Crippen LogP contribution in [0.1, 0.15) is 25.0 Å². The fourth-order valence-electron chi connectivity index (χ4n) is 3.75. The summed E-state index contributed by atoms with van der Waals surface area (Å²) in [6.07, 6.45) is 0.769. The topological polar surface area (TPSA) is 86.8 Å². The maximum atomic E-state index is 14.4. The first kappa shape index (κ1) is 26.9. The maximum Gasteiger partial charge on any atom is 0.264 e. The highest BCUT2D eigenvalue weighted by Crippen LogP contribution is 2.25. The summed E-state index contributed by atoms with van der Waals surface area (Å²) in [5.74, 6) is -1.62. The third-order valence-electron chi connectivity index (χ3n) is 5.95. The number of benzene rings is 3. The number of carbonyl (C=O) groups excluding carboxylic acids is 2. The maximum absolute atomic E-state index is 14.4. The van der Waals surface area contributed by atoms with Crippen molar-refractivity contribution < 1.29 is 22.4 Å². The average Bonchev–Trinajstić information content (AvgIpc) is 2.90. The molecule has 0 radical (unpaired) electrons. The standard InChI is InChI=1S/C27H30FN3O4S/c1-4-21-14-16-23(17-15-21)31(36(34,35)24-11-6-5-7-12-24)19-26(32)30(20(2)27(33)29-3)18-22-10-8-9-13-25(22)28/h5-17,20H,4,18-19H2,1-3H3,(H,29,33). The van der Waals surface area contributed by atoms with Gasteiger partial charge in [-0.25, -0.2) is 12.8 Å². The van der Waals surface area contributed by atoms with Gasteiger partial charge in [0.2, 0.25) is 11.8 Å². The molecular formula is C27H30FN3O4S. The number of aryl methyl sites for hydroxylation is 1. The molecule has 0 fully saturated rings. The SMILES string of the molecule is CCc1ccc(N(CC(=O)N(Cc2ccccc2F)C(C)C(=O)NC)S(=O)(=O)c2ccccc2)cc1. The lowest BCUT2D eigenvalue weighted by Gasteiger charge is -2.31. The van der Waals surface area contributed by atoms with Crippen molar-refractivity contribution in [3.8, 4) is 0 Å². The number of rotatable bonds is 10. The molecule has 0 saturated heterocycles. The Hall–Kier alpha value is -3.72. The number of carbonyl (C=O) groups is 2. The minimum Gasteiger partial charge on any atom is -0.357 e. The monoisotopic (exact) mass is 511 g/mol. The third-order valence-corrected chi connectivity index (χ3v) is 7.74. The molecule has 7 nitrogen and oxygen atoms in total. The van der Waals surface area contributed by atoms with Crippen LogP contribution in [-0.2, 0) is 32.6 Å². The zero-order chi connectivity index (χ0) is 26.3. The molecule has 3 aromatic carbocycles. The largest absolute Gasteiger partial charge is 0.357 e. The average molecular weight is 512 g/mol. The van der Waals surface area contributed by atoms with Crippen molar-refractivity contribution in [1.29, 1.82) is 0 Å². The normalized spacial score (nSPS) is 12.0. The number of nitrogens with one attached hydrogen (secondary N) is 1. The smallest absolute Gasteiger partial charge is 0.264 e. The molecule has 1 unspecified atom stereocenters. The van der Waals surface area contributed by atoms with Gasteiger partial charge in [0, 0.05) is 19.2 Å². The minimum absolute atomic E-state index is 0.0253. The van der Waals surface area contributed by atoms with Crippen LogP contribution in [0.2, 0.25) is 0 Å². The molecule has 36 heavy (non-hydrogen) atoms. The van der Waals surface area contributed by atoms with Crippen LogP contribution >= 0.6 is 0 Å². The van der Waals surface area contributed by atoms with Crippen molar-refractivity contribution in [2.75, 3.05) is 17.9 Å². The Morgan fingerprint density at radius 2 is 1.56 bits per heavy atom. The zero-order valence-corrected chi connectivity index (χ0v) is 21.3. The van der Waals surface area contributed by atoms with Gasteiger partial charge in [0.05, 0.1) is 10.6 Å². The van der Waals surface area contributed by atoms with E-state index in [2.05, 4.69) is 5.32 Å². The minimum atomic E-state index is -4.12. The molecule has 9 heteroatoms. The van der Waals surface area contributed by atoms with Gasteiger partial charge in [-0.3, -0.25) is 13.9 Å². The van der Waals surface area contributed by atoms with Crippen LogP contribution in [0.3, 0.4) is 0 Å². The van der Waals surface area contributed by atoms with E-state index in [0.717, 1.165) is 16.3 Å². The van der Waals surface area contributed by atoms with E-state index < -0.39 is 40.2 Å². The molecule has 0 aliphatic carbocycles. The molecule has 0 bridgehead atoms. The van der Waals surface area contributed by atoms with E-state index in [1.165, 1.54) is 49.2 Å². The molecular weight excluding hydrogens is 481 g/mol. The van der Waals surface area contributed by atoms with Crippen LogP contribution in [0.4, 0.5) is 10.1 Å². The van der Waals surface area contributed by atoms with Gasteiger partial charge in [0.1, 0.15) is 18.4 Å². The van der Waals surface area contributed by atoms with Gasteiger partial charge < -0.3 is 10.2 Å². The van der Waals surface area contributed by atoms with E-state index in [-0.39, 0.29) is 17.0 Å². The fourth-order valence-corrected chi connectivity index (χ4v) is 5.18. The first-order chi connectivity index (χ1) is 17.2. The van der Waals surface area contributed by atoms with E-state index in [0.29, 0.717) is 5.69 Å². The lowest BCUT2D eigenvalue weighted by atomic mass is 10.1. The lowest BCUT2D eigenvalue weighted by Crippen LogP contribution is -2.50. The summed E-state index contributed by atoms with van der Waals surface area (Å²) in [4.78, 5) is 27.3. The Morgan fingerprint density at radius 1 is 0.944 bits per heavy atom. The van der Waals surface area contributed by atoms with Crippen molar-refractivity contribution in [3.05, 3.63) is 95.8 Å². The van der Waals surface area contributed by atoms with E-state index in [1.807, 2.05) is 6.92 Å². The summed E-state index contributed by atoms with van der Waals surface area (Å²) in [6.45, 7) is 2.73. The van der Waals surface area contributed by atoms with Crippen LogP contribution in [0.5, 0.6) is 0 Å². The molecule has 2 amide bonds. The molecule has 0 aliphatic heterocycles. The summed E-state index contributed by atoms with van der Waals surface area (Å²) in [5.41, 5.74) is 1.53. The fraction of sp³-hybridized carbons (Fsp3) is 0.259. The van der Waals surface area contributed by atoms with Gasteiger partial charge in [-0.1, -0.05) is 55.5 Å². The number of nitrogens with zero attached hydrogens (tertiary/aromatic N) is 2. The Morgan fingerprint density at radius 3 is 2.14 bits per heavy atom. The summed E-state index contributed by atoms with van der Waals surface area (Å²) in [5, 5.41) is 2.50. The number of hydrogen-bond acceptors (Lipinski definition) is 4.